The number of hydrogen-bond acceptors (Lipinski definition) is 3. The largest absolute Gasteiger partial charge is 0.351 e. The molecule has 0 aromatic heterocycles. The lowest BCUT2D eigenvalue weighted by molar-refractivity contribution is -0.131. The summed E-state index contributed by atoms with van der Waals surface area (Å²) in [5.74, 6) is -0.0677. The number of carbonyl (C=O) groups excluding carboxylic acids is 2. The third kappa shape index (κ3) is 1.87. The predicted octanol–water partition coefficient (Wildman–Crippen LogP) is -0.183. The monoisotopic (exact) mass is 199 g/mol. The van der Waals surface area contributed by atoms with Crippen LogP contribution in [0.3, 0.4) is 0 Å². The van der Waals surface area contributed by atoms with Crippen molar-refractivity contribution in [1.29, 1.82) is 0 Å². The van der Waals surface area contributed by atoms with Crippen molar-refractivity contribution in [3.05, 3.63) is 0 Å². The van der Waals surface area contributed by atoms with Gasteiger partial charge in [0.25, 0.3) is 0 Å². The van der Waals surface area contributed by atoms with Crippen LogP contribution in [0.25, 0.3) is 0 Å². The fourth-order valence-corrected chi connectivity index (χ4v) is 1.90. The van der Waals surface area contributed by atoms with Crippen LogP contribution in [0.4, 0.5) is 4.79 Å². The number of primary amides is 1. The van der Waals surface area contributed by atoms with E-state index < -0.39 is 11.4 Å². The Kier molecular flexibility index (Phi) is 3.10. The van der Waals surface area contributed by atoms with Gasteiger partial charge in [-0.15, -0.1) is 0 Å². The Hall–Kier alpha value is -1.10. The van der Waals surface area contributed by atoms with E-state index in [0.717, 1.165) is 13.0 Å². The van der Waals surface area contributed by atoms with Crippen LogP contribution in [0.15, 0.2) is 0 Å². The molecule has 0 radical (unpaired) electrons. The van der Waals surface area contributed by atoms with E-state index in [4.69, 9.17) is 5.73 Å². The quantitative estimate of drug-likeness (QED) is 0.576. The maximum absolute atomic E-state index is 11.8. The number of urea groups is 1. The van der Waals surface area contributed by atoms with E-state index in [0.29, 0.717) is 6.54 Å². The number of amides is 3. The van der Waals surface area contributed by atoms with Crippen LogP contribution in [0, 0.1) is 11.3 Å². The first kappa shape index (κ1) is 11.0. The Morgan fingerprint density at radius 1 is 1.50 bits per heavy atom. The molecule has 0 bridgehead atoms. The summed E-state index contributed by atoms with van der Waals surface area (Å²) in [6, 6.07) is -0.776. The molecule has 0 aromatic carbocycles. The van der Waals surface area contributed by atoms with Crippen molar-refractivity contribution < 1.29 is 9.59 Å². The fraction of sp³-hybridized carbons (Fsp3) is 0.778. The minimum Gasteiger partial charge on any atom is -0.351 e. The summed E-state index contributed by atoms with van der Waals surface area (Å²) in [6.45, 7) is 5.38. The molecule has 1 rings (SSSR count). The number of carbonyl (C=O) groups is 2. The van der Waals surface area contributed by atoms with Crippen molar-refractivity contribution in [3.63, 3.8) is 0 Å². The van der Waals surface area contributed by atoms with Crippen LogP contribution >= 0.6 is 0 Å². The second kappa shape index (κ2) is 3.96. The lowest BCUT2D eigenvalue weighted by Crippen LogP contribution is -2.49. The number of nitrogens with one attached hydrogen (secondary N) is 2. The molecule has 1 fully saturated rings. The smallest absolute Gasteiger partial charge is 0.318 e. The number of hydrogen-bond donors (Lipinski definition) is 3. The molecule has 1 aliphatic heterocycles. The highest BCUT2D eigenvalue weighted by Crippen LogP contribution is 2.34. The second-order valence-corrected chi connectivity index (χ2v) is 4.06. The third-order valence-corrected chi connectivity index (χ3v) is 2.98. The van der Waals surface area contributed by atoms with E-state index in [1.165, 1.54) is 0 Å². The van der Waals surface area contributed by atoms with Gasteiger partial charge in [-0.2, -0.15) is 0 Å². The molecule has 14 heavy (non-hydrogen) atoms. The molecule has 0 spiro atoms. The van der Waals surface area contributed by atoms with Crippen LogP contribution in [0.5, 0.6) is 0 Å². The average Bonchev–Trinajstić information content (AvgIpc) is 2.51. The molecular weight excluding hydrogens is 182 g/mol. The van der Waals surface area contributed by atoms with Gasteiger partial charge in [0, 0.05) is 6.54 Å². The van der Waals surface area contributed by atoms with Crippen LogP contribution in [-0.4, -0.2) is 25.0 Å². The first-order valence-corrected chi connectivity index (χ1v) is 4.80. The Bertz CT molecular complexity index is 244. The van der Waals surface area contributed by atoms with Gasteiger partial charge in [0.05, 0.1) is 5.41 Å². The topological polar surface area (TPSA) is 84.2 Å². The van der Waals surface area contributed by atoms with Crippen molar-refractivity contribution in [1.82, 2.24) is 10.6 Å². The molecule has 80 valence electrons. The van der Waals surface area contributed by atoms with Crippen LogP contribution in [-0.2, 0) is 4.79 Å². The van der Waals surface area contributed by atoms with Crippen LogP contribution < -0.4 is 16.4 Å². The summed E-state index contributed by atoms with van der Waals surface area (Å²) in [5, 5.41) is 5.30. The summed E-state index contributed by atoms with van der Waals surface area (Å²) < 4.78 is 0. The summed E-state index contributed by atoms with van der Waals surface area (Å²) in [4.78, 5) is 22.4. The summed E-state index contributed by atoms with van der Waals surface area (Å²) in [6.07, 6.45) is 0.754. The molecular formula is C9H17N3O2. The van der Waals surface area contributed by atoms with Gasteiger partial charge in [0.1, 0.15) is 0 Å². The van der Waals surface area contributed by atoms with Crippen molar-refractivity contribution in [2.75, 3.05) is 13.1 Å². The van der Waals surface area contributed by atoms with Gasteiger partial charge in [-0.3, -0.25) is 10.1 Å². The zero-order valence-corrected chi connectivity index (χ0v) is 8.59. The lowest BCUT2D eigenvalue weighted by atomic mass is 9.75. The maximum atomic E-state index is 11.8. The standard InChI is InChI=1S/C9H17N3O2/c1-6(2)9(3-4-11-5-9)7(13)12-8(10)14/h6,11H,3-5H2,1-2H3,(H3,10,12,13,14). The maximum Gasteiger partial charge on any atom is 0.318 e. The van der Waals surface area contributed by atoms with Crippen molar-refractivity contribution >= 4 is 11.9 Å². The van der Waals surface area contributed by atoms with Crippen molar-refractivity contribution in [2.24, 2.45) is 17.1 Å². The zero-order chi connectivity index (χ0) is 10.8. The van der Waals surface area contributed by atoms with Crippen molar-refractivity contribution in [2.45, 2.75) is 20.3 Å². The van der Waals surface area contributed by atoms with Gasteiger partial charge in [-0.25, -0.2) is 4.79 Å². The van der Waals surface area contributed by atoms with E-state index in [2.05, 4.69) is 10.6 Å². The summed E-state index contributed by atoms with van der Waals surface area (Å²) >= 11 is 0. The normalized spacial score (nSPS) is 26.5. The van der Waals surface area contributed by atoms with Gasteiger partial charge in [-0.05, 0) is 18.9 Å². The van der Waals surface area contributed by atoms with Gasteiger partial charge >= 0.3 is 6.03 Å². The Morgan fingerprint density at radius 3 is 2.50 bits per heavy atom. The van der Waals surface area contributed by atoms with E-state index >= 15 is 0 Å². The minimum absolute atomic E-state index is 0.192. The van der Waals surface area contributed by atoms with Gasteiger partial charge in [0.15, 0.2) is 0 Å². The van der Waals surface area contributed by atoms with E-state index in [9.17, 15) is 9.59 Å². The molecule has 3 amide bonds. The van der Waals surface area contributed by atoms with E-state index in [1.54, 1.807) is 0 Å². The molecule has 4 N–H and O–H groups in total. The molecule has 1 saturated heterocycles. The van der Waals surface area contributed by atoms with Gasteiger partial charge in [0.2, 0.25) is 5.91 Å². The molecule has 0 aromatic rings. The lowest BCUT2D eigenvalue weighted by Gasteiger charge is -2.30. The number of nitrogens with two attached hydrogens (primary N) is 1. The molecule has 1 atom stereocenters. The summed E-state index contributed by atoms with van der Waals surface area (Å²) in [5.41, 5.74) is 4.45. The minimum atomic E-state index is -0.776. The van der Waals surface area contributed by atoms with Gasteiger partial charge < -0.3 is 11.1 Å². The molecule has 5 heteroatoms. The number of imide groups is 1. The van der Waals surface area contributed by atoms with E-state index in [1.807, 2.05) is 13.8 Å². The zero-order valence-electron chi connectivity index (χ0n) is 8.59. The molecule has 1 unspecified atom stereocenters. The highest BCUT2D eigenvalue weighted by molar-refractivity contribution is 5.97. The molecule has 0 saturated carbocycles. The van der Waals surface area contributed by atoms with Gasteiger partial charge in [-0.1, -0.05) is 13.8 Å². The number of rotatable bonds is 2. The third-order valence-electron chi connectivity index (χ3n) is 2.98. The Morgan fingerprint density at radius 2 is 2.14 bits per heavy atom. The highest BCUT2D eigenvalue weighted by atomic mass is 16.2. The molecule has 1 aliphatic rings. The predicted molar refractivity (Wildman–Crippen MR) is 52.5 cm³/mol. The van der Waals surface area contributed by atoms with Crippen molar-refractivity contribution in [3.8, 4) is 0 Å². The first-order chi connectivity index (χ1) is 6.49. The molecule has 1 heterocycles. The Labute approximate surface area is 83.4 Å². The highest BCUT2D eigenvalue weighted by Gasteiger charge is 2.44. The SMILES string of the molecule is CC(C)C1(C(=O)NC(N)=O)CCNC1. The Balaban J connectivity index is 2.77. The molecule has 0 aliphatic carbocycles. The van der Waals surface area contributed by atoms with Crippen LogP contribution in [0.2, 0.25) is 0 Å². The van der Waals surface area contributed by atoms with E-state index in [-0.39, 0.29) is 11.8 Å². The fourth-order valence-electron chi connectivity index (χ4n) is 1.90. The first-order valence-electron chi connectivity index (χ1n) is 4.80. The van der Waals surface area contributed by atoms with Crippen LogP contribution in [0.1, 0.15) is 20.3 Å². The second-order valence-electron chi connectivity index (χ2n) is 4.06. The molecule has 5 nitrogen and oxygen atoms in total. The average molecular weight is 199 g/mol. The summed E-state index contributed by atoms with van der Waals surface area (Å²) in [7, 11) is 0.